The van der Waals surface area contributed by atoms with Crippen molar-refractivity contribution in [2.24, 2.45) is 0 Å². The number of carbonyl (C=O) groups excluding carboxylic acids is 1. The van der Waals surface area contributed by atoms with Crippen LogP contribution in [0.1, 0.15) is 11.4 Å². The van der Waals surface area contributed by atoms with Gasteiger partial charge in [0.2, 0.25) is 0 Å². The summed E-state index contributed by atoms with van der Waals surface area (Å²) in [6, 6.07) is 17.2. The van der Waals surface area contributed by atoms with Crippen molar-refractivity contribution in [3.8, 4) is 0 Å². The summed E-state index contributed by atoms with van der Waals surface area (Å²) in [5, 5.41) is 5.79. The van der Waals surface area contributed by atoms with E-state index in [0.717, 1.165) is 60.6 Å². The Morgan fingerprint density at radius 1 is 0.909 bits per heavy atom. The lowest BCUT2D eigenvalue weighted by Gasteiger charge is -2.33. The van der Waals surface area contributed by atoms with Crippen molar-refractivity contribution >= 4 is 34.7 Å². The summed E-state index contributed by atoms with van der Waals surface area (Å²) in [4.78, 5) is 28.4. The maximum absolute atomic E-state index is 12.5. The van der Waals surface area contributed by atoms with Gasteiger partial charge in [-0.15, -0.1) is 0 Å². The fourth-order valence-electron chi connectivity index (χ4n) is 3.85. The largest absolute Gasteiger partial charge is 0.354 e. The van der Waals surface area contributed by atoms with E-state index in [-0.39, 0.29) is 6.03 Å². The Balaban J connectivity index is 1.48. The maximum Gasteiger partial charge on any atom is 0.323 e. The molecule has 3 aromatic rings. The van der Waals surface area contributed by atoms with Gasteiger partial charge in [-0.25, -0.2) is 14.8 Å². The molecule has 0 atom stereocenters. The van der Waals surface area contributed by atoms with Crippen molar-refractivity contribution < 1.29 is 4.79 Å². The lowest BCUT2D eigenvalue weighted by Crippen LogP contribution is -2.45. The van der Waals surface area contributed by atoms with E-state index in [1.807, 2.05) is 80.4 Å². The van der Waals surface area contributed by atoms with Crippen LogP contribution < -0.4 is 20.4 Å². The normalized spacial score (nSPS) is 14.1. The number of likely N-dealkylation sites (N-methyl/N-ethyl adjacent to an activating group) is 1. The van der Waals surface area contributed by atoms with Crippen LogP contribution in [-0.4, -0.2) is 61.2 Å². The Bertz CT molecular complexity index is 1130. The molecule has 1 saturated heterocycles. The van der Waals surface area contributed by atoms with Gasteiger partial charge in [-0.2, -0.15) is 0 Å². The molecule has 1 aromatic heterocycles. The number of hydrogen-bond donors (Lipinski definition) is 2. The van der Waals surface area contributed by atoms with Gasteiger partial charge in [0.05, 0.1) is 0 Å². The summed E-state index contributed by atoms with van der Waals surface area (Å²) in [5.41, 5.74) is 3.47. The van der Waals surface area contributed by atoms with Crippen molar-refractivity contribution in [2.45, 2.75) is 13.8 Å². The number of rotatable bonds is 5. The number of aromatic nitrogens is 2. The minimum Gasteiger partial charge on any atom is -0.354 e. The van der Waals surface area contributed by atoms with Crippen LogP contribution >= 0.6 is 0 Å². The molecular weight excluding hydrogens is 414 g/mol. The monoisotopic (exact) mass is 445 g/mol. The van der Waals surface area contributed by atoms with Gasteiger partial charge in [0.15, 0.2) is 0 Å². The van der Waals surface area contributed by atoms with E-state index in [1.165, 1.54) is 0 Å². The molecule has 0 radical (unpaired) electrons. The van der Waals surface area contributed by atoms with E-state index in [1.54, 1.807) is 0 Å². The predicted octanol–water partition coefficient (Wildman–Crippen LogP) is 4.26. The highest BCUT2D eigenvalue weighted by molar-refractivity contribution is 6.00. The molecule has 8 heteroatoms. The van der Waals surface area contributed by atoms with E-state index in [0.29, 0.717) is 5.69 Å². The van der Waals surface area contributed by atoms with Gasteiger partial charge in [0, 0.05) is 56.4 Å². The first kappa shape index (κ1) is 22.5. The van der Waals surface area contributed by atoms with Crippen LogP contribution in [0.3, 0.4) is 0 Å². The first-order chi connectivity index (χ1) is 15.9. The zero-order valence-electron chi connectivity index (χ0n) is 19.7. The molecule has 2 amide bonds. The Kier molecular flexibility index (Phi) is 6.74. The molecule has 8 nitrogen and oxygen atoms in total. The number of carbonyl (C=O) groups is 1. The van der Waals surface area contributed by atoms with Crippen LogP contribution in [0, 0.1) is 13.8 Å². The minimum atomic E-state index is -0.282. The van der Waals surface area contributed by atoms with Crippen LogP contribution in [0.15, 0.2) is 54.6 Å². The number of urea groups is 1. The summed E-state index contributed by atoms with van der Waals surface area (Å²) in [6.45, 7) is 7.85. The number of anilines is 5. The van der Waals surface area contributed by atoms with Gasteiger partial charge >= 0.3 is 6.03 Å². The quantitative estimate of drug-likeness (QED) is 0.611. The fraction of sp³-hybridized carbons (Fsp3) is 0.320. The molecule has 33 heavy (non-hydrogen) atoms. The van der Waals surface area contributed by atoms with Crippen LogP contribution in [-0.2, 0) is 0 Å². The number of nitrogens with zero attached hydrogens (tertiary/aromatic N) is 5. The van der Waals surface area contributed by atoms with Gasteiger partial charge < -0.3 is 25.3 Å². The summed E-state index contributed by atoms with van der Waals surface area (Å²) in [5.74, 6) is 2.50. The van der Waals surface area contributed by atoms with Crippen molar-refractivity contribution in [2.75, 3.05) is 60.7 Å². The summed E-state index contributed by atoms with van der Waals surface area (Å²) in [6.07, 6.45) is 0. The second kappa shape index (κ2) is 9.87. The summed E-state index contributed by atoms with van der Waals surface area (Å²) in [7, 11) is 4.12. The number of piperazine rings is 1. The van der Waals surface area contributed by atoms with E-state index in [2.05, 4.69) is 37.4 Å². The second-order valence-electron chi connectivity index (χ2n) is 8.48. The first-order valence-electron chi connectivity index (χ1n) is 11.1. The molecule has 1 aliphatic rings. The van der Waals surface area contributed by atoms with Crippen LogP contribution in [0.25, 0.3) is 0 Å². The van der Waals surface area contributed by atoms with Crippen molar-refractivity contribution in [1.29, 1.82) is 0 Å². The molecular formula is C25H31N7O. The van der Waals surface area contributed by atoms with Gasteiger partial charge in [0.25, 0.3) is 0 Å². The molecule has 2 N–H and O–H groups in total. The Morgan fingerprint density at radius 3 is 2.27 bits per heavy atom. The highest BCUT2D eigenvalue weighted by atomic mass is 16.2. The van der Waals surface area contributed by atoms with E-state index in [4.69, 9.17) is 0 Å². The smallest absolute Gasteiger partial charge is 0.323 e. The van der Waals surface area contributed by atoms with Gasteiger partial charge in [0.1, 0.15) is 17.5 Å². The van der Waals surface area contributed by atoms with E-state index >= 15 is 0 Å². The molecule has 0 spiro atoms. The minimum absolute atomic E-state index is 0.282. The number of aryl methyl sites for hydroxylation is 2. The van der Waals surface area contributed by atoms with Gasteiger partial charge in [-0.3, -0.25) is 0 Å². The molecule has 2 aromatic carbocycles. The lowest BCUT2D eigenvalue weighted by molar-refractivity contribution is 0.262. The lowest BCUT2D eigenvalue weighted by atomic mass is 10.2. The third-order valence-corrected chi connectivity index (χ3v) is 5.75. The molecule has 172 valence electrons. The standard InChI is InChI=1S/C25H31N7O/c1-18-7-5-8-20(15-18)28-25(33)29-21-9-6-10-22(16-21)31(4)23-17-24(27-19(2)26-23)32-13-11-30(3)12-14-32/h5-10,15-17H,11-14H2,1-4H3,(H2,28,29,33). The highest BCUT2D eigenvalue weighted by Crippen LogP contribution is 2.27. The topological polar surface area (TPSA) is 76.6 Å². The summed E-state index contributed by atoms with van der Waals surface area (Å²) < 4.78 is 0. The molecule has 1 aliphatic heterocycles. The fourth-order valence-corrected chi connectivity index (χ4v) is 3.85. The second-order valence-corrected chi connectivity index (χ2v) is 8.48. The Hall–Kier alpha value is -3.65. The Morgan fingerprint density at radius 2 is 1.58 bits per heavy atom. The van der Waals surface area contributed by atoms with Crippen molar-refractivity contribution in [1.82, 2.24) is 14.9 Å². The third-order valence-electron chi connectivity index (χ3n) is 5.75. The zero-order valence-corrected chi connectivity index (χ0v) is 19.7. The van der Waals surface area contributed by atoms with Crippen LogP contribution in [0.2, 0.25) is 0 Å². The number of amides is 2. The molecule has 4 rings (SSSR count). The average molecular weight is 446 g/mol. The molecule has 0 saturated carbocycles. The van der Waals surface area contributed by atoms with E-state index in [9.17, 15) is 4.79 Å². The Labute approximate surface area is 195 Å². The highest BCUT2D eigenvalue weighted by Gasteiger charge is 2.18. The third kappa shape index (κ3) is 5.78. The van der Waals surface area contributed by atoms with Crippen molar-refractivity contribution in [3.05, 3.63) is 66.0 Å². The molecule has 0 bridgehead atoms. The van der Waals surface area contributed by atoms with Crippen molar-refractivity contribution in [3.63, 3.8) is 0 Å². The van der Waals surface area contributed by atoms with E-state index < -0.39 is 0 Å². The number of nitrogens with one attached hydrogen (secondary N) is 2. The predicted molar refractivity (Wildman–Crippen MR) is 135 cm³/mol. The molecule has 1 fully saturated rings. The van der Waals surface area contributed by atoms with Gasteiger partial charge in [-0.1, -0.05) is 18.2 Å². The first-order valence-corrected chi connectivity index (χ1v) is 11.1. The number of hydrogen-bond acceptors (Lipinski definition) is 6. The van der Waals surface area contributed by atoms with Gasteiger partial charge in [-0.05, 0) is 56.8 Å². The molecule has 0 aliphatic carbocycles. The number of benzene rings is 2. The summed E-state index contributed by atoms with van der Waals surface area (Å²) >= 11 is 0. The van der Waals surface area contributed by atoms with Crippen LogP contribution in [0.5, 0.6) is 0 Å². The molecule has 0 unspecified atom stereocenters. The average Bonchev–Trinajstić information content (AvgIpc) is 2.79. The SMILES string of the molecule is Cc1cccc(NC(=O)Nc2cccc(N(C)c3cc(N4CCN(C)CC4)nc(C)n3)c2)c1. The molecule has 2 heterocycles. The van der Waals surface area contributed by atoms with Crippen LogP contribution in [0.4, 0.5) is 33.5 Å². The zero-order chi connectivity index (χ0) is 23.4. The maximum atomic E-state index is 12.5.